The lowest BCUT2D eigenvalue weighted by molar-refractivity contribution is 1.55. The highest BCUT2D eigenvalue weighted by Gasteiger charge is 2.08. The van der Waals surface area contributed by atoms with Crippen LogP contribution in [0.4, 0.5) is 0 Å². The summed E-state index contributed by atoms with van der Waals surface area (Å²) in [6.45, 7) is 0. The molecule has 0 amide bonds. The fourth-order valence-electron chi connectivity index (χ4n) is 3.49. The van der Waals surface area contributed by atoms with Crippen molar-refractivity contribution in [1.82, 2.24) is 4.98 Å². The number of H-pyrrole nitrogens is 1. The molecule has 1 N–H and O–H groups in total. The van der Waals surface area contributed by atoms with E-state index in [1.807, 2.05) is 0 Å². The van der Waals surface area contributed by atoms with Crippen LogP contribution < -0.4 is 0 Å². The minimum Gasteiger partial charge on any atom is -0.354 e. The zero-order valence-electron chi connectivity index (χ0n) is 12.6. The molecule has 0 saturated heterocycles. The van der Waals surface area contributed by atoms with Gasteiger partial charge < -0.3 is 4.98 Å². The summed E-state index contributed by atoms with van der Waals surface area (Å²) in [5.41, 5.74) is 4.92. The first kappa shape index (κ1) is 12.5. The number of rotatable bonds is 1. The number of benzene rings is 4. The number of aromatic amines is 1. The molecule has 0 bridgehead atoms. The van der Waals surface area contributed by atoms with E-state index in [0.717, 1.165) is 0 Å². The van der Waals surface area contributed by atoms with Crippen LogP contribution in [0.1, 0.15) is 0 Å². The van der Waals surface area contributed by atoms with Gasteiger partial charge in [0.1, 0.15) is 0 Å². The second-order valence-electron chi connectivity index (χ2n) is 5.96. The number of para-hydroxylation sites is 1. The molecule has 0 saturated carbocycles. The maximum Gasteiger partial charge on any atom is 0.0471 e. The Morgan fingerprint density at radius 2 is 1.35 bits per heavy atom. The summed E-state index contributed by atoms with van der Waals surface area (Å²) in [4.78, 5) is 3.52. The molecule has 0 aliphatic rings. The average Bonchev–Trinajstić information content (AvgIpc) is 3.01. The van der Waals surface area contributed by atoms with Crippen LogP contribution in [0.25, 0.3) is 43.7 Å². The Balaban J connectivity index is 1.85. The summed E-state index contributed by atoms with van der Waals surface area (Å²) in [7, 11) is 0. The van der Waals surface area contributed by atoms with Crippen molar-refractivity contribution in [2.24, 2.45) is 0 Å². The second kappa shape index (κ2) is 4.72. The highest BCUT2D eigenvalue weighted by Crippen LogP contribution is 2.34. The van der Waals surface area contributed by atoms with E-state index in [2.05, 4.69) is 89.9 Å². The molecule has 1 heteroatoms. The van der Waals surface area contributed by atoms with Crippen molar-refractivity contribution in [3.63, 3.8) is 0 Å². The predicted molar refractivity (Wildman–Crippen MR) is 98.7 cm³/mol. The van der Waals surface area contributed by atoms with Crippen LogP contribution in [0, 0.1) is 0 Å². The summed E-state index contributed by atoms with van der Waals surface area (Å²) in [5.74, 6) is 0. The molecule has 0 aliphatic carbocycles. The summed E-state index contributed by atoms with van der Waals surface area (Å²) in [6, 6.07) is 30.2. The number of aromatic nitrogens is 1. The van der Waals surface area contributed by atoms with Gasteiger partial charge in [-0.1, -0.05) is 66.7 Å². The second-order valence-corrected chi connectivity index (χ2v) is 5.96. The van der Waals surface area contributed by atoms with Gasteiger partial charge in [-0.2, -0.15) is 0 Å². The zero-order valence-corrected chi connectivity index (χ0v) is 12.6. The Hall–Kier alpha value is -3.06. The van der Waals surface area contributed by atoms with Gasteiger partial charge >= 0.3 is 0 Å². The van der Waals surface area contributed by atoms with Gasteiger partial charge in [0.25, 0.3) is 0 Å². The van der Waals surface area contributed by atoms with Crippen LogP contribution in [-0.2, 0) is 0 Å². The Labute approximate surface area is 134 Å². The Bertz CT molecular complexity index is 1150. The van der Waals surface area contributed by atoms with Gasteiger partial charge in [0.05, 0.1) is 0 Å². The summed E-state index contributed by atoms with van der Waals surface area (Å²) >= 11 is 0. The van der Waals surface area contributed by atoms with E-state index >= 15 is 0 Å². The molecule has 0 unspecified atom stereocenters. The average molecular weight is 293 g/mol. The smallest absolute Gasteiger partial charge is 0.0471 e. The molecule has 1 heterocycles. The van der Waals surface area contributed by atoms with E-state index in [-0.39, 0.29) is 0 Å². The molecule has 5 rings (SSSR count). The third-order valence-corrected chi connectivity index (χ3v) is 4.59. The van der Waals surface area contributed by atoms with Crippen molar-refractivity contribution >= 4 is 32.6 Å². The SMILES string of the molecule is c1ccc(-c2ccc3c(ccc4[nH]c5ccccc5c43)c2)cc1. The fraction of sp³-hybridized carbons (Fsp3) is 0. The molecule has 0 atom stereocenters. The highest BCUT2D eigenvalue weighted by molar-refractivity contribution is 6.20. The summed E-state index contributed by atoms with van der Waals surface area (Å²) < 4.78 is 0. The number of fused-ring (bicyclic) bond motifs is 5. The van der Waals surface area contributed by atoms with E-state index in [1.54, 1.807) is 0 Å². The van der Waals surface area contributed by atoms with Crippen molar-refractivity contribution in [1.29, 1.82) is 0 Å². The van der Waals surface area contributed by atoms with E-state index in [4.69, 9.17) is 0 Å². The molecule has 0 aliphatic heterocycles. The van der Waals surface area contributed by atoms with Crippen LogP contribution in [0.3, 0.4) is 0 Å². The third-order valence-electron chi connectivity index (χ3n) is 4.59. The molecule has 4 aromatic carbocycles. The van der Waals surface area contributed by atoms with Crippen LogP contribution in [0.2, 0.25) is 0 Å². The van der Waals surface area contributed by atoms with Crippen LogP contribution >= 0.6 is 0 Å². The van der Waals surface area contributed by atoms with E-state index in [0.29, 0.717) is 0 Å². The van der Waals surface area contributed by atoms with Crippen LogP contribution in [0.5, 0.6) is 0 Å². The maximum absolute atomic E-state index is 3.52. The lowest BCUT2D eigenvalue weighted by atomic mass is 9.98. The molecular formula is C22H15N. The van der Waals surface area contributed by atoms with Gasteiger partial charge in [-0.15, -0.1) is 0 Å². The number of nitrogens with one attached hydrogen (secondary N) is 1. The van der Waals surface area contributed by atoms with Gasteiger partial charge in [0.2, 0.25) is 0 Å². The lowest BCUT2D eigenvalue weighted by Gasteiger charge is -2.05. The molecule has 5 aromatic rings. The molecule has 0 spiro atoms. The Morgan fingerprint density at radius 3 is 2.26 bits per heavy atom. The maximum atomic E-state index is 3.52. The quantitative estimate of drug-likeness (QED) is 0.382. The van der Waals surface area contributed by atoms with Crippen molar-refractivity contribution in [3.8, 4) is 11.1 Å². The van der Waals surface area contributed by atoms with Gasteiger partial charge in [0, 0.05) is 21.8 Å². The normalized spacial score (nSPS) is 11.5. The van der Waals surface area contributed by atoms with Crippen molar-refractivity contribution in [2.45, 2.75) is 0 Å². The molecule has 108 valence electrons. The van der Waals surface area contributed by atoms with Crippen LogP contribution in [-0.4, -0.2) is 4.98 Å². The third kappa shape index (κ3) is 1.87. The minimum absolute atomic E-state index is 1.20. The van der Waals surface area contributed by atoms with E-state index < -0.39 is 0 Å². The molecule has 0 radical (unpaired) electrons. The van der Waals surface area contributed by atoms with Crippen molar-refractivity contribution in [3.05, 3.63) is 84.9 Å². The standard InChI is InChI=1S/C22H15N/c1-2-6-15(7-3-1)16-10-12-18-17(14-16)11-13-21-22(18)19-8-4-5-9-20(19)23-21/h1-14,23H. The van der Waals surface area contributed by atoms with Gasteiger partial charge in [-0.3, -0.25) is 0 Å². The predicted octanol–water partition coefficient (Wildman–Crippen LogP) is 6.14. The fourth-order valence-corrected chi connectivity index (χ4v) is 3.49. The first-order valence-corrected chi connectivity index (χ1v) is 7.89. The van der Waals surface area contributed by atoms with E-state index in [9.17, 15) is 0 Å². The first-order valence-electron chi connectivity index (χ1n) is 7.89. The first-order chi connectivity index (χ1) is 11.4. The number of hydrogen-bond donors (Lipinski definition) is 1. The van der Waals surface area contributed by atoms with Gasteiger partial charge in [-0.05, 0) is 40.1 Å². The topological polar surface area (TPSA) is 15.8 Å². The molecule has 23 heavy (non-hydrogen) atoms. The molecular weight excluding hydrogens is 278 g/mol. The summed E-state index contributed by atoms with van der Waals surface area (Å²) in [5, 5.41) is 5.20. The highest BCUT2D eigenvalue weighted by atomic mass is 14.7. The number of hydrogen-bond acceptors (Lipinski definition) is 0. The van der Waals surface area contributed by atoms with Gasteiger partial charge in [0.15, 0.2) is 0 Å². The molecule has 1 aromatic heterocycles. The Kier molecular flexibility index (Phi) is 2.56. The van der Waals surface area contributed by atoms with E-state index in [1.165, 1.54) is 43.7 Å². The zero-order chi connectivity index (χ0) is 15.2. The van der Waals surface area contributed by atoms with Crippen molar-refractivity contribution < 1.29 is 0 Å². The minimum atomic E-state index is 1.20. The molecule has 0 fully saturated rings. The lowest BCUT2D eigenvalue weighted by Crippen LogP contribution is -1.80. The molecule has 1 nitrogen and oxygen atoms in total. The monoisotopic (exact) mass is 293 g/mol. The summed E-state index contributed by atoms with van der Waals surface area (Å²) in [6.07, 6.45) is 0. The van der Waals surface area contributed by atoms with Crippen LogP contribution in [0.15, 0.2) is 84.9 Å². The largest absolute Gasteiger partial charge is 0.354 e. The Morgan fingerprint density at radius 1 is 0.522 bits per heavy atom. The van der Waals surface area contributed by atoms with Crippen molar-refractivity contribution in [2.75, 3.05) is 0 Å². The van der Waals surface area contributed by atoms with Gasteiger partial charge in [-0.25, -0.2) is 0 Å².